The number of hydrogen-bond acceptors (Lipinski definition) is 3. The van der Waals surface area contributed by atoms with Crippen LogP contribution >= 0.6 is 11.3 Å². The van der Waals surface area contributed by atoms with Crippen LogP contribution in [0, 0.1) is 6.92 Å². The lowest BCUT2D eigenvalue weighted by molar-refractivity contribution is 0.0735. The molecule has 0 fully saturated rings. The molecule has 76 valence electrons. The SMILES string of the molecule is Cc1ccc(OC(=O)c2ccsc2)cc1. The largest absolute Gasteiger partial charge is 0.423 e. The molecule has 2 nitrogen and oxygen atoms in total. The van der Waals surface area contributed by atoms with Crippen molar-refractivity contribution in [3.05, 3.63) is 52.2 Å². The van der Waals surface area contributed by atoms with Crippen molar-refractivity contribution in [1.29, 1.82) is 0 Å². The number of ether oxygens (including phenoxy) is 1. The van der Waals surface area contributed by atoms with Crippen LogP contribution in [0.25, 0.3) is 0 Å². The molecule has 0 aliphatic rings. The Bertz CT molecular complexity index is 443. The predicted octanol–water partition coefficient (Wildman–Crippen LogP) is 3.28. The van der Waals surface area contributed by atoms with Gasteiger partial charge in [-0.3, -0.25) is 0 Å². The quantitative estimate of drug-likeness (QED) is 0.571. The Balaban J connectivity index is 2.09. The fraction of sp³-hybridized carbons (Fsp3) is 0.0833. The number of rotatable bonds is 2. The van der Waals surface area contributed by atoms with Gasteiger partial charge in [0.25, 0.3) is 0 Å². The molecule has 0 aliphatic heterocycles. The van der Waals surface area contributed by atoms with Crippen LogP contribution in [0.15, 0.2) is 41.1 Å². The Labute approximate surface area is 92.1 Å². The zero-order chi connectivity index (χ0) is 10.7. The first-order chi connectivity index (χ1) is 7.25. The summed E-state index contributed by atoms with van der Waals surface area (Å²) in [6, 6.07) is 9.16. The summed E-state index contributed by atoms with van der Waals surface area (Å²) in [5.41, 5.74) is 1.74. The normalized spacial score (nSPS) is 9.93. The zero-order valence-electron chi connectivity index (χ0n) is 8.27. The van der Waals surface area contributed by atoms with Crippen molar-refractivity contribution in [3.63, 3.8) is 0 Å². The summed E-state index contributed by atoms with van der Waals surface area (Å²) in [5, 5.41) is 3.63. The molecule has 0 spiro atoms. The molecule has 0 N–H and O–H groups in total. The number of esters is 1. The van der Waals surface area contributed by atoms with Crippen LogP contribution in [0.3, 0.4) is 0 Å². The van der Waals surface area contributed by atoms with E-state index in [1.54, 1.807) is 23.6 Å². The summed E-state index contributed by atoms with van der Waals surface area (Å²) in [5.74, 6) is 0.275. The summed E-state index contributed by atoms with van der Waals surface area (Å²) in [4.78, 5) is 11.5. The molecule has 15 heavy (non-hydrogen) atoms. The standard InChI is InChI=1S/C12H10O2S/c1-9-2-4-11(5-3-9)14-12(13)10-6-7-15-8-10/h2-8H,1H3. The van der Waals surface area contributed by atoms with Crippen molar-refractivity contribution < 1.29 is 9.53 Å². The number of thiophene rings is 1. The van der Waals surface area contributed by atoms with Gasteiger partial charge in [0.15, 0.2) is 0 Å². The second kappa shape index (κ2) is 4.28. The number of carbonyl (C=O) groups is 1. The van der Waals surface area contributed by atoms with Gasteiger partial charge in [0, 0.05) is 5.38 Å². The van der Waals surface area contributed by atoms with Crippen molar-refractivity contribution in [1.82, 2.24) is 0 Å². The lowest BCUT2D eigenvalue weighted by atomic mass is 10.2. The van der Waals surface area contributed by atoms with Crippen molar-refractivity contribution in [3.8, 4) is 5.75 Å². The molecule has 0 amide bonds. The summed E-state index contributed by atoms with van der Waals surface area (Å²) in [7, 11) is 0. The Morgan fingerprint density at radius 1 is 1.20 bits per heavy atom. The van der Waals surface area contributed by atoms with Crippen LogP contribution < -0.4 is 4.74 Å². The average molecular weight is 218 g/mol. The fourth-order valence-corrected chi connectivity index (χ4v) is 1.78. The van der Waals surface area contributed by atoms with Crippen molar-refractivity contribution >= 4 is 17.3 Å². The molecule has 2 rings (SSSR count). The van der Waals surface area contributed by atoms with Gasteiger partial charge in [-0.15, -0.1) is 0 Å². The summed E-state index contributed by atoms with van der Waals surface area (Å²) < 4.78 is 5.18. The highest BCUT2D eigenvalue weighted by Gasteiger charge is 2.07. The van der Waals surface area contributed by atoms with Crippen molar-refractivity contribution in [2.24, 2.45) is 0 Å². The smallest absolute Gasteiger partial charge is 0.344 e. The van der Waals surface area contributed by atoms with Gasteiger partial charge in [0.1, 0.15) is 5.75 Å². The van der Waals surface area contributed by atoms with E-state index in [-0.39, 0.29) is 5.97 Å². The molecule has 1 aromatic heterocycles. The highest BCUT2D eigenvalue weighted by Crippen LogP contribution is 2.14. The molecule has 0 radical (unpaired) electrons. The first-order valence-electron chi connectivity index (χ1n) is 4.57. The minimum absolute atomic E-state index is 0.305. The molecule has 0 unspecified atom stereocenters. The monoisotopic (exact) mass is 218 g/mol. The molecule has 2 aromatic rings. The number of hydrogen-bond donors (Lipinski definition) is 0. The maximum atomic E-state index is 11.5. The van der Waals surface area contributed by atoms with E-state index in [1.165, 1.54) is 11.3 Å². The van der Waals surface area contributed by atoms with Gasteiger partial charge >= 0.3 is 5.97 Å². The van der Waals surface area contributed by atoms with Crippen LogP contribution in [0.5, 0.6) is 5.75 Å². The van der Waals surface area contributed by atoms with E-state index in [0.29, 0.717) is 11.3 Å². The summed E-state index contributed by atoms with van der Waals surface area (Å²) >= 11 is 1.48. The second-order valence-corrected chi connectivity index (χ2v) is 3.99. The summed E-state index contributed by atoms with van der Waals surface area (Å²) in [6.45, 7) is 1.99. The first kappa shape index (κ1) is 9.93. The number of benzene rings is 1. The van der Waals surface area contributed by atoms with Gasteiger partial charge in [0.05, 0.1) is 5.56 Å². The third-order valence-corrected chi connectivity index (χ3v) is 2.67. The maximum Gasteiger partial charge on any atom is 0.344 e. The highest BCUT2D eigenvalue weighted by molar-refractivity contribution is 7.08. The molecule has 3 heteroatoms. The topological polar surface area (TPSA) is 26.3 Å². The Morgan fingerprint density at radius 2 is 1.93 bits per heavy atom. The Morgan fingerprint density at radius 3 is 2.53 bits per heavy atom. The molecule has 0 bridgehead atoms. The highest BCUT2D eigenvalue weighted by atomic mass is 32.1. The third kappa shape index (κ3) is 2.44. The van der Waals surface area contributed by atoms with Gasteiger partial charge < -0.3 is 4.74 Å². The lowest BCUT2D eigenvalue weighted by Gasteiger charge is -2.02. The molecule has 0 saturated carbocycles. The molecular formula is C12H10O2S. The Hall–Kier alpha value is -1.61. The lowest BCUT2D eigenvalue weighted by Crippen LogP contribution is -2.06. The first-order valence-corrected chi connectivity index (χ1v) is 5.51. The van der Waals surface area contributed by atoms with E-state index < -0.39 is 0 Å². The molecule has 0 aliphatic carbocycles. The molecule has 1 aromatic carbocycles. The van der Waals surface area contributed by atoms with E-state index in [0.717, 1.165) is 5.56 Å². The van der Waals surface area contributed by atoms with E-state index in [1.807, 2.05) is 24.4 Å². The van der Waals surface area contributed by atoms with Crippen LogP contribution in [-0.4, -0.2) is 5.97 Å². The van der Waals surface area contributed by atoms with Gasteiger partial charge in [-0.05, 0) is 30.5 Å². The minimum atomic E-state index is -0.305. The zero-order valence-corrected chi connectivity index (χ0v) is 9.08. The predicted molar refractivity (Wildman–Crippen MR) is 60.5 cm³/mol. The van der Waals surface area contributed by atoms with Crippen molar-refractivity contribution in [2.45, 2.75) is 6.92 Å². The van der Waals surface area contributed by atoms with Gasteiger partial charge in [-0.2, -0.15) is 11.3 Å². The van der Waals surface area contributed by atoms with E-state index in [2.05, 4.69) is 0 Å². The molecule has 0 saturated heterocycles. The van der Waals surface area contributed by atoms with Gasteiger partial charge in [-0.1, -0.05) is 17.7 Å². The Kier molecular flexibility index (Phi) is 2.83. The third-order valence-electron chi connectivity index (χ3n) is 1.99. The molecule has 1 heterocycles. The summed E-state index contributed by atoms with van der Waals surface area (Å²) in [6.07, 6.45) is 0. The van der Waals surface area contributed by atoms with Gasteiger partial charge in [-0.25, -0.2) is 4.79 Å². The van der Waals surface area contributed by atoms with E-state index >= 15 is 0 Å². The number of carbonyl (C=O) groups excluding carboxylic acids is 1. The van der Waals surface area contributed by atoms with E-state index in [4.69, 9.17) is 4.74 Å². The fourth-order valence-electron chi connectivity index (χ4n) is 1.15. The average Bonchev–Trinajstić information content (AvgIpc) is 2.74. The van der Waals surface area contributed by atoms with E-state index in [9.17, 15) is 4.79 Å². The molecule has 0 atom stereocenters. The van der Waals surface area contributed by atoms with Crippen LogP contribution in [0.2, 0.25) is 0 Å². The van der Waals surface area contributed by atoms with Crippen LogP contribution in [-0.2, 0) is 0 Å². The maximum absolute atomic E-state index is 11.5. The van der Waals surface area contributed by atoms with Crippen molar-refractivity contribution in [2.75, 3.05) is 0 Å². The molecular weight excluding hydrogens is 208 g/mol. The second-order valence-electron chi connectivity index (χ2n) is 3.21. The van der Waals surface area contributed by atoms with Crippen LogP contribution in [0.4, 0.5) is 0 Å². The number of aryl methyl sites for hydroxylation is 1. The van der Waals surface area contributed by atoms with Crippen LogP contribution in [0.1, 0.15) is 15.9 Å². The minimum Gasteiger partial charge on any atom is -0.423 e. The van der Waals surface area contributed by atoms with Gasteiger partial charge in [0.2, 0.25) is 0 Å².